The molecule has 13 heteroatoms. The molecule has 2 saturated heterocycles. The number of esters is 1. The van der Waals surface area contributed by atoms with Crippen LogP contribution in [0.5, 0.6) is 0 Å². The first kappa shape index (κ1) is 28.9. The highest BCUT2D eigenvalue weighted by Gasteiger charge is 2.36. The number of piperazine rings is 1. The number of sulfonamides is 1. The Morgan fingerprint density at radius 1 is 0.951 bits per heavy atom. The van der Waals surface area contributed by atoms with E-state index in [9.17, 15) is 18.0 Å². The van der Waals surface area contributed by atoms with Gasteiger partial charge < -0.3 is 14.5 Å². The first-order chi connectivity index (χ1) is 19.5. The number of hydrogen-bond acceptors (Lipinski definition) is 7. The zero-order valence-electron chi connectivity index (χ0n) is 22.1. The summed E-state index contributed by atoms with van der Waals surface area (Å²) < 4.78 is 63.4. The molecule has 0 saturated carbocycles. The van der Waals surface area contributed by atoms with Gasteiger partial charge in [-0.3, -0.25) is 4.79 Å². The summed E-state index contributed by atoms with van der Waals surface area (Å²) in [6, 6.07) is 13.4. The quantitative estimate of drug-likeness (QED) is 0.293. The van der Waals surface area contributed by atoms with E-state index < -0.39 is 21.9 Å². The lowest BCUT2D eigenvalue weighted by molar-refractivity contribution is -0.117. The summed E-state index contributed by atoms with van der Waals surface area (Å²) in [7, 11) is -2.60. The Hall–Kier alpha value is -3.61. The number of amides is 1. The third kappa shape index (κ3) is 5.77. The van der Waals surface area contributed by atoms with Gasteiger partial charge in [0.1, 0.15) is 11.0 Å². The number of pyridine rings is 1. The first-order valence-corrected chi connectivity index (χ1v) is 14.7. The second-order valence-electron chi connectivity index (χ2n) is 9.71. The van der Waals surface area contributed by atoms with Crippen molar-refractivity contribution in [3.63, 3.8) is 0 Å². The molecule has 2 aromatic carbocycles. The molecule has 0 N–H and O–H groups in total. The summed E-state index contributed by atoms with van der Waals surface area (Å²) >= 11 is 6.14. The number of alkyl halides is 2. The van der Waals surface area contributed by atoms with Crippen molar-refractivity contribution in [2.24, 2.45) is 0 Å². The Labute approximate surface area is 241 Å². The van der Waals surface area contributed by atoms with Gasteiger partial charge in [0.05, 0.1) is 17.6 Å². The third-order valence-electron chi connectivity index (χ3n) is 7.23. The van der Waals surface area contributed by atoms with Crippen molar-refractivity contribution in [3.8, 4) is 0 Å². The van der Waals surface area contributed by atoms with Crippen molar-refractivity contribution in [2.75, 3.05) is 49.6 Å². The fraction of sp³-hybridized carbons (Fsp3) is 0.321. The maximum absolute atomic E-state index is 15.5. The normalized spacial score (nSPS) is 16.7. The maximum atomic E-state index is 15.5. The lowest BCUT2D eigenvalue weighted by atomic mass is 9.99. The number of nitrogens with zero attached hydrogens (tertiary/aromatic N) is 4. The van der Waals surface area contributed by atoms with Crippen LogP contribution in [0.25, 0.3) is 0 Å². The number of carbonyl (C=O) groups excluding carboxylic acids is 2. The summed E-state index contributed by atoms with van der Waals surface area (Å²) in [6.45, 7) is 1.27. The van der Waals surface area contributed by atoms with Gasteiger partial charge in [-0.25, -0.2) is 18.2 Å². The van der Waals surface area contributed by atoms with E-state index in [0.29, 0.717) is 18.7 Å². The van der Waals surface area contributed by atoms with Crippen LogP contribution >= 0.6 is 11.6 Å². The van der Waals surface area contributed by atoms with E-state index in [1.807, 2.05) is 0 Å². The Morgan fingerprint density at radius 3 is 2.20 bits per heavy atom. The number of rotatable bonds is 7. The Kier molecular flexibility index (Phi) is 8.00. The second-order valence-corrected chi connectivity index (χ2v) is 12.0. The van der Waals surface area contributed by atoms with Crippen LogP contribution in [0.4, 0.5) is 20.3 Å². The molecule has 5 rings (SSSR count). The molecule has 0 aliphatic carbocycles. The summed E-state index contributed by atoms with van der Waals surface area (Å²) in [5.41, 5.74) is 0.0839. The number of hydrogen-bond donors (Lipinski definition) is 0. The highest BCUT2D eigenvalue weighted by atomic mass is 35.5. The second kappa shape index (κ2) is 11.3. The van der Waals surface area contributed by atoms with Crippen molar-refractivity contribution >= 4 is 45.0 Å². The largest absolute Gasteiger partial charge is 0.465 e. The van der Waals surface area contributed by atoms with Crippen LogP contribution < -0.4 is 9.80 Å². The molecule has 0 atom stereocenters. The van der Waals surface area contributed by atoms with Gasteiger partial charge in [-0.1, -0.05) is 23.7 Å². The van der Waals surface area contributed by atoms with E-state index in [0.717, 1.165) is 24.6 Å². The van der Waals surface area contributed by atoms with E-state index in [-0.39, 0.29) is 64.6 Å². The summed E-state index contributed by atoms with van der Waals surface area (Å²) in [5.74, 6) is -3.85. The fourth-order valence-electron chi connectivity index (χ4n) is 4.95. The average Bonchev–Trinajstić information content (AvgIpc) is 3.42. The minimum Gasteiger partial charge on any atom is -0.465 e. The molecule has 3 aromatic rings. The number of aromatic nitrogens is 1. The van der Waals surface area contributed by atoms with Crippen LogP contribution in [0.3, 0.4) is 0 Å². The van der Waals surface area contributed by atoms with Crippen molar-refractivity contribution in [1.82, 2.24) is 9.29 Å². The molecule has 1 aromatic heterocycles. The molecular weight excluding hydrogens is 578 g/mol. The number of carbonyl (C=O) groups is 2. The molecule has 0 unspecified atom stereocenters. The molecule has 2 fully saturated rings. The van der Waals surface area contributed by atoms with E-state index in [1.54, 1.807) is 21.9 Å². The predicted octanol–water partition coefficient (Wildman–Crippen LogP) is 4.30. The van der Waals surface area contributed by atoms with Gasteiger partial charge in [0.2, 0.25) is 15.9 Å². The zero-order chi connectivity index (χ0) is 29.4. The van der Waals surface area contributed by atoms with E-state index in [1.165, 1.54) is 41.7 Å². The Morgan fingerprint density at radius 2 is 1.61 bits per heavy atom. The van der Waals surface area contributed by atoms with E-state index in [4.69, 9.17) is 11.6 Å². The van der Waals surface area contributed by atoms with Crippen LogP contribution in [0.15, 0.2) is 65.6 Å². The predicted molar refractivity (Wildman–Crippen MR) is 149 cm³/mol. The third-order valence-corrected chi connectivity index (χ3v) is 9.34. The molecule has 1 amide bonds. The number of halogens is 3. The minimum atomic E-state index is -3.80. The fourth-order valence-corrected chi connectivity index (χ4v) is 6.58. The van der Waals surface area contributed by atoms with Crippen molar-refractivity contribution in [2.45, 2.75) is 23.7 Å². The van der Waals surface area contributed by atoms with Gasteiger partial charge in [0, 0.05) is 56.0 Å². The van der Waals surface area contributed by atoms with Crippen LogP contribution in [0.2, 0.25) is 5.15 Å². The smallest absolute Gasteiger partial charge is 0.337 e. The molecule has 0 radical (unpaired) electrons. The molecule has 3 heterocycles. The van der Waals surface area contributed by atoms with Gasteiger partial charge in [-0.2, -0.15) is 13.1 Å². The van der Waals surface area contributed by atoms with Crippen molar-refractivity contribution in [3.05, 3.63) is 82.5 Å². The highest BCUT2D eigenvalue weighted by molar-refractivity contribution is 7.89. The van der Waals surface area contributed by atoms with E-state index in [2.05, 4.69) is 9.72 Å². The first-order valence-electron chi connectivity index (χ1n) is 12.9. The highest BCUT2D eigenvalue weighted by Crippen LogP contribution is 2.38. The number of benzene rings is 2. The molecular formula is C28H27ClF2N4O5S. The van der Waals surface area contributed by atoms with Gasteiger partial charge in [0.25, 0.3) is 5.92 Å². The topological polar surface area (TPSA) is 100 Å². The van der Waals surface area contributed by atoms with Crippen LogP contribution in [-0.2, 0) is 25.5 Å². The summed E-state index contributed by atoms with van der Waals surface area (Å²) in [6.07, 6.45) is 1.25. The number of methoxy groups -OCH3 is 1. The Bertz CT molecular complexity index is 1560. The van der Waals surface area contributed by atoms with Gasteiger partial charge in [-0.05, 0) is 55.0 Å². The van der Waals surface area contributed by atoms with Crippen LogP contribution in [0.1, 0.15) is 34.3 Å². The maximum Gasteiger partial charge on any atom is 0.337 e. The molecule has 9 nitrogen and oxygen atoms in total. The average molecular weight is 605 g/mol. The number of anilines is 2. The van der Waals surface area contributed by atoms with Gasteiger partial charge >= 0.3 is 5.97 Å². The lowest BCUT2D eigenvalue weighted by Gasteiger charge is -2.35. The molecule has 0 spiro atoms. The molecule has 2 aliphatic rings. The molecule has 0 bridgehead atoms. The summed E-state index contributed by atoms with van der Waals surface area (Å²) in [4.78, 5) is 31.3. The monoisotopic (exact) mass is 604 g/mol. The van der Waals surface area contributed by atoms with Crippen molar-refractivity contribution < 1.29 is 31.5 Å². The standard InChI is InChI=1S/C28H27ClF2N4O5S/c1-40-27(37)19-4-6-20(7-5-19)28(30,31)21-17-24(29)32-25(18-21)33-13-15-34(16-14-33)41(38,39)23-10-8-22(9-11-23)35-12-2-3-26(35)36/h4-11,17-18H,2-3,12-16H2,1H3. The summed E-state index contributed by atoms with van der Waals surface area (Å²) in [5, 5.41) is -0.130. The SMILES string of the molecule is COC(=O)c1ccc(C(F)(F)c2cc(Cl)nc(N3CCN(S(=O)(=O)c4ccc(N5CCCC5=O)cc4)CC3)c2)cc1. The number of ether oxygens (including phenoxy) is 1. The van der Waals surface area contributed by atoms with Crippen LogP contribution in [0, 0.1) is 0 Å². The Balaban J connectivity index is 1.29. The minimum absolute atomic E-state index is 0.0174. The van der Waals surface area contributed by atoms with Crippen molar-refractivity contribution in [1.29, 1.82) is 0 Å². The zero-order valence-corrected chi connectivity index (χ0v) is 23.7. The van der Waals surface area contributed by atoms with Gasteiger partial charge in [-0.15, -0.1) is 0 Å². The molecule has 216 valence electrons. The van der Waals surface area contributed by atoms with Gasteiger partial charge in [0.15, 0.2) is 0 Å². The van der Waals surface area contributed by atoms with E-state index >= 15 is 8.78 Å². The molecule has 2 aliphatic heterocycles. The van der Waals surface area contributed by atoms with Crippen LogP contribution in [-0.4, -0.2) is 69.4 Å². The molecule has 41 heavy (non-hydrogen) atoms. The lowest BCUT2D eigenvalue weighted by Crippen LogP contribution is -2.49.